The van der Waals surface area contributed by atoms with E-state index in [0.717, 1.165) is 25.3 Å². The molecular weight excluding hydrogens is 283 g/mol. The molecule has 0 saturated heterocycles. The Morgan fingerprint density at radius 1 is 1.24 bits per heavy atom. The number of alkyl halides is 3. The molecule has 3 N–H and O–H groups in total. The van der Waals surface area contributed by atoms with Crippen LogP contribution in [0.15, 0.2) is 18.2 Å². The maximum atomic E-state index is 12.9. The molecule has 1 aliphatic rings. The molecule has 3 nitrogen and oxygen atoms in total. The van der Waals surface area contributed by atoms with Gasteiger partial charge < -0.3 is 10.8 Å². The highest BCUT2D eigenvalue weighted by Gasteiger charge is 2.37. The summed E-state index contributed by atoms with van der Waals surface area (Å²) in [5.74, 6) is -2.22. The zero-order valence-electron chi connectivity index (χ0n) is 11.5. The van der Waals surface area contributed by atoms with E-state index in [9.17, 15) is 23.1 Å². The smallest absolute Gasteiger partial charge is 0.418 e. The predicted molar refractivity (Wildman–Crippen MR) is 72.8 cm³/mol. The van der Waals surface area contributed by atoms with Gasteiger partial charge in [-0.1, -0.05) is 31.4 Å². The van der Waals surface area contributed by atoms with Crippen molar-refractivity contribution in [3.8, 4) is 0 Å². The molecule has 1 unspecified atom stereocenters. The molecule has 0 radical (unpaired) electrons. The van der Waals surface area contributed by atoms with Gasteiger partial charge in [-0.25, -0.2) is 0 Å². The lowest BCUT2D eigenvalue weighted by Gasteiger charge is -2.29. The SMILES string of the molecule is Nc1c(C(C(=O)O)C2CCCCC2)cccc1C(F)(F)F. The van der Waals surface area contributed by atoms with E-state index in [-0.39, 0.29) is 11.5 Å². The summed E-state index contributed by atoms with van der Waals surface area (Å²) in [4.78, 5) is 11.6. The van der Waals surface area contributed by atoms with Gasteiger partial charge in [-0.05, 0) is 30.4 Å². The van der Waals surface area contributed by atoms with Crippen LogP contribution < -0.4 is 5.73 Å². The van der Waals surface area contributed by atoms with Crippen LogP contribution in [0.2, 0.25) is 0 Å². The Balaban J connectivity index is 2.43. The topological polar surface area (TPSA) is 63.3 Å². The van der Waals surface area contributed by atoms with Crippen molar-refractivity contribution in [1.82, 2.24) is 0 Å². The standard InChI is InChI=1S/C15H18F3NO2/c16-15(17,18)11-8-4-7-10(13(11)19)12(14(20)21)9-5-2-1-3-6-9/h4,7-9,12H,1-3,5-6,19H2,(H,20,21). The van der Waals surface area contributed by atoms with Gasteiger partial charge >= 0.3 is 12.1 Å². The number of anilines is 1. The highest BCUT2D eigenvalue weighted by Crippen LogP contribution is 2.42. The highest BCUT2D eigenvalue weighted by molar-refractivity contribution is 5.79. The Bertz CT molecular complexity index is 522. The summed E-state index contributed by atoms with van der Waals surface area (Å²) in [5.41, 5.74) is 4.31. The van der Waals surface area contributed by atoms with Gasteiger partial charge in [0, 0.05) is 5.69 Å². The molecule has 0 aromatic heterocycles. The molecular formula is C15H18F3NO2. The third-order valence-corrected chi connectivity index (χ3v) is 4.17. The van der Waals surface area contributed by atoms with Crippen LogP contribution in [0.4, 0.5) is 18.9 Å². The minimum absolute atomic E-state index is 0.0872. The second-order valence-electron chi connectivity index (χ2n) is 5.52. The van der Waals surface area contributed by atoms with Crippen LogP contribution in [-0.4, -0.2) is 11.1 Å². The monoisotopic (exact) mass is 301 g/mol. The Morgan fingerprint density at radius 2 is 1.86 bits per heavy atom. The number of rotatable bonds is 3. The van der Waals surface area contributed by atoms with Crippen molar-refractivity contribution in [2.75, 3.05) is 5.73 Å². The molecule has 21 heavy (non-hydrogen) atoms. The fourth-order valence-corrected chi connectivity index (χ4v) is 3.16. The third-order valence-electron chi connectivity index (χ3n) is 4.17. The molecule has 1 atom stereocenters. The highest BCUT2D eigenvalue weighted by atomic mass is 19.4. The zero-order chi connectivity index (χ0) is 15.6. The molecule has 1 saturated carbocycles. The molecule has 1 aromatic rings. The summed E-state index contributed by atoms with van der Waals surface area (Å²) in [5, 5.41) is 9.46. The predicted octanol–water partition coefficient (Wildman–Crippen LogP) is 4.04. The van der Waals surface area contributed by atoms with Gasteiger partial charge in [0.1, 0.15) is 0 Å². The number of hydrogen-bond donors (Lipinski definition) is 2. The molecule has 0 spiro atoms. The van der Waals surface area contributed by atoms with Crippen LogP contribution >= 0.6 is 0 Å². The Kier molecular flexibility index (Phi) is 4.44. The summed E-state index contributed by atoms with van der Waals surface area (Å²) < 4.78 is 38.7. The van der Waals surface area contributed by atoms with Crippen molar-refractivity contribution < 1.29 is 23.1 Å². The van der Waals surface area contributed by atoms with Gasteiger partial charge in [-0.2, -0.15) is 13.2 Å². The van der Waals surface area contributed by atoms with E-state index in [0.29, 0.717) is 12.8 Å². The number of carbonyl (C=O) groups is 1. The molecule has 0 amide bonds. The number of benzene rings is 1. The van der Waals surface area contributed by atoms with Crippen molar-refractivity contribution >= 4 is 11.7 Å². The fraction of sp³-hybridized carbons (Fsp3) is 0.533. The molecule has 1 aliphatic carbocycles. The number of carboxylic acid groups (broad SMARTS) is 1. The van der Waals surface area contributed by atoms with Crippen LogP contribution in [0.5, 0.6) is 0 Å². The van der Waals surface area contributed by atoms with Crippen molar-refractivity contribution in [2.45, 2.75) is 44.2 Å². The lowest BCUT2D eigenvalue weighted by atomic mass is 9.76. The van der Waals surface area contributed by atoms with Gasteiger partial charge in [0.15, 0.2) is 0 Å². The molecule has 0 aliphatic heterocycles. The van der Waals surface area contributed by atoms with E-state index in [1.54, 1.807) is 0 Å². The molecule has 1 fully saturated rings. The summed E-state index contributed by atoms with van der Waals surface area (Å²) >= 11 is 0. The average molecular weight is 301 g/mol. The van der Waals surface area contributed by atoms with E-state index in [1.807, 2.05) is 0 Å². The summed E-state index contributed by atoms with van der Waals surface area (Å²) in [6, 6.07) is 3.52. The van der Waals surface area contributed by atoms with Gasteiger partial charge in [-0.15, -0.1) is 0 Å². The second-order valence-corrected chi connectivity index (χ2v) is 5.52. The first-order valence-corrected chi connectivity index (χ1v) is 7.00. The second kappa shape index (κ2) is 5.95. The molecule has 2 rings (SSSR count). The van der Waals surface area contributed by atoms with E-state index in [4.69, 9.17) is 5.73 Å². The van der Waals surface area contributed by atoms with Crippen molar-refractivity contribution in [3.63, 3.8) is 0 Å². The fourth-order valence-electron chi connectivity index (χ4n) is 3.16. The van der Waals surface area contributed by atoms with Gasteiger partial charge in [0.25, 0.3) is 0 Å². The largest absolute Gasteiger partial charge is 0.481 e. The lowest BCUT2D eigenvalue weighted by molar-refractivity contribution is -0.141. The summed E-state index contributed by atoms with van der Waals surface area (Å²) in [7, 11) is 0. The van der Waals surface area contributed by atoms with Gasteiger partial charge in [0.2, 0.25) is 0 Å². The molecule has 0 bridgehead atoms. The van der Waals surface area contributed by atoms with Gasteiger partial charge in [-0.3, -0.25) is 4.79 Å². The maximum absolute atomic E-state index is 12.9. The van der Waals surface area contributed by atoms with E-state index in [1.165, 1.54) is 12.1 Å². The Hall–Kier alpha value is -1.72. The van der Waals surface area contributed by atoms with Crippen molar-refractivity contribution in [1.29, 1.82) is 0 Å². The van der Waals surface area contributed by atoms with Crippen LogP contribution in [0.3, 0.4) is 0 Å². The minimum Gasteiger partial charge on any atom is -0.481 e. The minimum atomic E-state index is -4.57. The third kappa shape index (κ3) is 3.31. The summed E-state index contributed by atoms with van der Waals surface area (Å²) in [6.07, 6.45) is -0.281. The zero-order valence-corrected chi connectivity index (χ0v) is 11.5. The molecule has 116 valence electrons. The first-order chi connectivity index (χ1) is 9.82. The van der Waals surface area contributed by atoms with E-state index in [2.05, 4.69) is 0 Å². The van der Waals surface area contributed by atoms with Crippen LogP contribution in [0.25, 0.3) is 0 Å². The first-order valence-electron chi connectivity index (χ1n) is 7.00. The number of halogens is 3. The van der Waals surface area contributed by atoms with E-state index < -0.39 is 29.3 Å². The molecule has 0 heterocycles. The van der Waals surface area contributed by atoms with Gasteiger partial charge in [0.05, 0.1) is 11.5 Å². The number of para-hydroxylation sites is 1. The van der Waals surface area contributed by atoms with E-state index >= 15 is 0 Å². The molecule has 1 aromatic carbocycles. The average Bonchev–Trinajstić information content (AvgIpc) is 2.40. The number of aliphatic carboxylic acids is 1. The number of carboxylic acids is 1. The Morgan fingerprint density at radius 3 is 2.38 bits per heavy atom. The van der Waals surface area contributed by atoms with Crippen molar-refractivity contribution in [3.05, 3.63) is 29.3 Å². The number of nitrogen functional groups attached to an aromatic ring is 1. The quantitative estimate of drug-likeness (QED) is 0.828. The van der Waals surface area contributed by atoms with Crippen LogP contribution in [0, 0.1) is 5.92 Å². The van der Waals surface area contributed by atoms with Crippen LogP contribution in [-0.2, 0) is 11.0 Å². The lowest BCUT2D eigenvalue weighted by Crippen LogP contribution is -2.25. The van der Waals surface area contributed by atoms with Crippen molar-refractivity contribution in [2.24, 2.45) is 5.92 Å². The Labute approximate surface area is 121 Å². The summed E-state index contributed by atoms with van der Waals surface area (Å²) in [6.45, 7) is 0. The number of hydrogen-bond acceptors (Lipinski definition) is 2. The molecule has 6 heteroatoms. The first kappa shape index (κ1) is 15.7. The maximum Gasteiger partial charge on any atom is 0.418 e. The number of nitrogens with two attached hydrogens (primary N) is 1. The van der Waals surface area contributed by atoms with Crippen LogP contribution in [0.1, 0.15) is 49.1 Å². The normalized spacial score (nSPS) is 18.4.